The first-order chi connectivity index (χ1) is 15.0. The Morgan fingerprint density at radius 1 is 1.23 bits per heavy atom. The van der Waals surface area contributed by atoms with E-state index in [1.807, 2.05) is 4.68 Å². The number of halogens is 1. The van der Waals surface area contributed by atoms with Crippen molar-refractivity contribution in [2.24, 2.45) is 5.92 Å². The number of H-pyrrole nitrogens is 1. The van der Waals surface area contributed by atoms with Crippen LogP contribution in [-0.2, 0) is 17.9 Å². The van der Waals surface area contributed by atoms with Crippen molar-refractivity contribution in [3.8, 4) is 11.4 Å². The van der Waals surface area contributed by atoms with E-state index in [1.165, 1.54) is 11.8 Å². The van der Waals surface area contributed by atoms with Gasteiger partial charge in [-0.15, -0.1) is 0 Å². The summed E-state index contributed by atoms with van der Waals surface area (Å²) in [5, 5.41) is 6.74. The van der Waals surface area contributed by atoms with Gasteiger partial charge in [0.25, 0.3) is 0 Å². The van der Waals surface area contributed by atoms with Crippen molar-refractivity contribution in [1.29, 1.82) is 0 Å². The van der Waals surface area contributed by atoms with Crippen LogP contribution in [0, 0.1) is 10.7 Å². The molecule has 4 rings (SSSR count). The number of anilines is 1. The Morgan fingerprint density at radius 3 is 2.61 bits per heavy atom. The molecule has 3 heterocycles. The van der Waals surface area contributed by atoms with E-state index in [-0.39, 0.29) is 11.8 Å². The summed E-state index contributed by atoms with van der Waals surface area (Å²) in [4.78, 5) is 23.5. The average molecular weight is 457 g/mol. The molecule has 1 saturated heterocycles. The van der Waals surface area contributed by atoms with Gasteiger partial charge < -0.3 is 5.32 Å². The molecule has 0 spiro atoms. The Hall–Kier alpha value is -2.55. The largest absolute Gasteiger partial charge is 0.310 e. The fraction of sp³-hybridized carbons (Fsp3) is 0.364. The minimum atomic E-state index is -0.0314. The lowest BCUT2D eigenvalue weighted by Gasteiger charge is -2.31. The molecule has 0 unspecified atom stereocenters. The predicted molar refractivity (Wildman–Crippen MR) is 124 cm³/mol. The van der Waals surface area contributed by atoms with E-state index in [0.29, 0.717) is 22.3 Å². The monoisotopic (exact) mass is 456 g/mol. The highest BCUT2D eigenvalue weighted by atomic mass is 35.5. The van der Waals surface area contributed by atoms with Crippen molar-refractivity contribution in [3.63, 3.8) is 0 Å². The Kier molecular flexibility index (Phi) is 6.80. The molecule has 162 valence electrons. The Morgan fingerprint density at radius 2 is 1.97 bits per heavy atom. The van der Waals surface area contributed by atoms with Crippen molar-refractivity contribution in [2.45, 2.75) is 32.9 Å². The van der Waals surface area contributed by atoms with Gasteiger partial charge >= 0.3 is 0 Å². The highest BCUT2D eigenvalue weighted by Gasteiger charge is 2.25. The first kappa shape index (κ1) is 21.7. The molecule has 0 bridgehead atoms. The summed E-state index contributed by atoms with van der Waals surface area (Å²) in [6, 6.07) is 11.8. The standard InChI is InChI=1S/C22H25ClN6OS/c1-2-15-3-5-16(6-4-15)20-26-22(31)29(27-20)14-28-11-9-17(10-12-28)21(30)25-19-8-7-18(23)13-24-19/h3-8,13,17H,2,9-12,14H2,1H3,(H,24,25,30)(H,26,27,31). The molecule has 9 heteroatoms. The molecule has 1 amide bonds. The van der Waals surface area contributed by atoms with E-state index in [4.69, 9.17) is 23.8 Å². The molecule has 0 atom stereocenters. The number of amides is 1. The summed E-state index contributed by atoms with van der Waals surface area (Å²) in [6.45, 7) is 4.39. The Balaban J connectivity index is 1.32. The molecule has 1 aliphatic rings. The molecule has 2 aromatic heterocycles. The smallest absolute Gasteiger partial charge is 0.228 e. The van der Waals surface area contributed by atoms with Crippen LogP contribution in [0.3, 0.4) is 0 Å². The maximum atomic E-state index is 12.5. The summed E-state index contributed by atoms with van der Waals surface area (Å²) in [7, 11) is 0. The van der Waals surface area contributed by atoms with Crippen LogP contribution in [0.2, 0.25) is 5.02 Å². The maximum absolute atomic E-state index is 12.5. The molecular weight excluding hydrogens is 432 g/mol. The van der Waals surface area contributed by atoms with Crippen molar-refractivity contribution >= 4 is 35.5 Å². The van der Waals surface area contributed by atoms with Gasteiger partial charge in [-0.25, -0.2) is 9.67 Å². The highest BCUT2D eigenvalue weighted by Crippen LogP contribution is 2.21. The zero-order valence-electron chi connectivity index (χ0n) is 17.3. The van der Waals surface area contributed by atoms with Crippen LogP contribution >= 0.6 is 23.8 Å². The predicted octanol–water partition coefficient (Wildman–Crippen LogP) is 4.53. The zero-order chi connectivity index (χ0) is 21.8. The lowest BCUT2D eigenvalue weighted by molar-refractivity contribution is -0.121. The van der Waals surface area contributed by atoms with Gasteiger partial charge in [-0.1, -0.05) is 42.8 Å². The second kappa shape index (κ2) is 9.72. The van der Waals surface area contributed by atoms with Gasteiger partial charge in [0.05, 0.1) is 11.7 Å². The third-order valence-corrected chi connectivity index (χ3v) is 6.13. The summed E-state index contributed by atoms with van der Waals surface area (Å²) >= 11 is 11.3. The van der Waals surface area contributed by atoms with Crippen LogP contribution < -0.4 is 5.32 Å². The number of hydrogen-bond donors (Lipinski definition) is 2. The van der Waals surface area contributed by atoms with Gasteiger partial charge in [0, 0.05) is 30.8 Å². The molecule has 1 fully saturated rings. The number of rotatable bonds is 6. The SMILES string of the molecule is CCc1ccc(-c2nc(=S)n(CN3CCC(C(=O)Nc4ccc(Cl)cn4)CC3)[nH]2)cc1. The third kappa shape index (κ3) is 5.39. The minimum absolute atomic E-state index is 0.00503. The summed E-state index contributed by atoms with van der Waals surface area (Å²) < 4.78 is 2.42. The lowest BCUT2D eigenvalue weighted by atomic mass is 9.96. The number of nitrogens with zero attached hydrogens (tertiary/aromatic N) is 4. The van der Waals surface area contributed by atoms with E-state index in [2.05, 4.69) is 56.5 Å². The number of carbonyl (C=O) groups excluding carboxylic acids is 1. The van der Waals surface area contributed by atoms with Gasteiger partial charge in [0.1, 0.15) is 5.82 Å². The first-order valence-electron chi connectivity index (χ1n) is 10.4. The number of carbonyl (C=O) groups is 1. The number of pyridine rings is 1. The number of likely N-dealkylation sites (tertiary alicyclic amines) is 1. The number of nitrogens with one attached hydrogen (secondary N) is 2. The van der Waals surface area contributed by atoms with Gasteiger partial charge in [-0.2, -0.15) is 4.98 Å². The quantitative estimate of drug-likeness (QED) is 0.533. The van der Waals surface area contributed by atoms with E-state index in [9.17, 15) is 4.79 Å². The van der Waals surface area contributed by atoms with Crippen molar-refractivity contribution in [2.75, 3.05) is 18.4 Å². The van der Waals surface area contributed by atoms with Gasteiger partial charge in [-0.3, -0.25) is 14.8 Å². The highest BCUT2D eigenvalue weighted by molar-refractivity contribution is 7.71. The van der Waals surface area contributed by atoms with E-state index in [0.717, 1.165) is 43.7 Å². The van der Waals surface area contributed by atoms with Crippen LogP contribution in [0.25, 0.3) is 11.4 Å². The first-order valence-corrected chi connectivity index (χ1v) is 11.2. The van der Waals surface area contributed by atoms with Crippen molar-refractivity contribution in [3.05, 3.63) is 58.0 Å². The summed E-state index contributed by atoms with van der Waals surface area (Å²) in [5.74, 6) is 1.28. The molecule has 3 aromatic rings. The van der Waals surface area contributed by atoms with E-state index in [1.54, 1.807) is 12.1 Å². The topological polar surface area (TPSA) is 78.8 Å². The molecular formula is C22H25ClN6OS. The number of benzene rings is 1. The average Bonchev–Trinajstić information content (AvgIpc) is 3.16. The molecule has 0 radical (unpaired) electrons. The number of aromatic nitrogens is 4. The van der Waals surface area contributed by atoms with E-state index < -0.39 is 0 Å². The third-order valence-electron chi connectivity index (χ3n) is 5.59. The molecule has 7 nitrogen and oxygen atoms in total. The fourth-order valence-corrected chi connectivity index (χ4v) is 4.00. The van der Waals surface area contributed by atoms with E-state index >= 15 is 0 Å². The molecule has 1 aromatic carbocycles. The molecule has 1 aliphatic heterocycles. The number of aromatic amines is 1. The molecule has 31 heavy (non-hydrogen) atoms. The van der Waals surface area contributed by atoms with Crippen LogP contribution in [0.5, 0.6) is 0 Å². The number of piperidine rings is 1. The molecule has 2 N–H and O–H groups in total. The molecule has 0 saturated carbocycles. The Bertz CT molecular complexity index is 1080. The number of aryl methyl sites for hydroxylation is 1. The Labute approximate surface area is 191 Å². The molecule has 0 aliphatic carbocycles. The minimum Gasteiger partial charge on any atom is -0.310 e. The summed E-state index contributed by atoms with van der Waals surface area (Å²) in [5.41, 5.74) is 2.31. The van der Waals surface area contributed by atoms with Crippen molar-refractivity contribution < 1.29 is 4.79 Å². The van der Waals surface area contributed by atoms with Gasteiger partial charge in [-0.05, 0) is 49.2 Å². The fourth-order valence-electron chi connectivity index (χ4n) is 3.69. The normalized spacial score (nSPS) is 15.2. The second-order valence-electron chi connectivity index (χ2n) is 7.72. The zero-order valence-corrected chi connectivity index (χ0v) is 18.9. The lowest BCUT2D eigenvalue weighted by Crippen LogP contribution is -2.39. The second-order valence-corrected chi connectivity index (χ2v) is 8.52. The number of hydrogen-bond acceptors (Lipinski definition) is 5. The van der Waals surface area contributed by atoms with Crippen LogP contribution in [0.1, 0.15) is 25.3 Å². The van der Waals surface area contributed by atoms with Gasteiger partial charge in [0.15, 0.2) is 5.82 Å². The van der Waals surface area contributed by atoms with Crippen LogP contribution in [0.4, 0.5) is 5.82 Å². The van der Waals surface area contributed by atoms with Crippen LogP contribution in [-0.4, -0.2) is 43.6 Å². The maximum Gasteiger partial charge on any atom is 0.228 e. The van der Waals surface area contributed by atoms with Crippen LogP contribution in [0.15, 0.2) is 42.6 Å². The summed E-state index contributed by atoms with van der Waals surface area (Å²) in [6.07, 6.45) is 4.10. The van der Waals surface area contributed by atoms with Crippen molar-refractivity contribution in [1.82, 2.24) is 24.6 Å². The van der Waals surface area contributed by atoms with Gasteiger partial charge in [0.2, 0.25) is 10.7 Å².